The summed E-state index contributed by atoms with van der Waals surface area (Å²) in [7, 11) is 0. The van der Waals surface area contributed by atoms with E-state index >= 15 is 0 Å². The quantitative estimate of drug-likeness (QED) is 0.708. The fraction of sp³-hybridized carbons (Fsp3) is 0.600. The number of rotatable bonds is 6. The maximum Gasteiger partial charge on any atom is 0.0187 e. The van der Waals surface area contributed by atoms with Crippen LogP contribution in [-0.4, -0.2) is 18.8 Å². The molecular formula is C15H24S3. The zero-order valence-electron chi connectivity index (χ0n) is 12.3. The summed E-state index contributed by atoms with van der Waals surface area (Å²) in [5.41, 5.74) is 9.29. The lowest BCUT2D eigenvalue weighted by Gasteiger charge is -2.21. The fourth-order valence-electron chi connectivity index (χ4n) is 2.47. The van der Waals surface area contributed by atoms with Crippen LogP contribution in [0.1, 0.15) is 33.4 Å². The molecule has 0 amide bonds. The summed E-state index contributed by atoms with van der Waals surface area (Å²) < 4.78 is 0. The molecule has 0 nitrogen and oxygen atoms in total. The lowest BCUT2D eigenvalue weighted by atomic mass is 9.90. The molecule has 1 aromatic carbocycles. The molecule has 0 aliphatic heterocycles. The Labute approximate surface area is 125 Å². The first-order valence-corrected chi connectivity index (χ1v) is 10.3. The molecule has 102 valence electrons. The average molecular weight is 301 g/mol. The Balaban J connectivity index is 3.42. The minimum absolute atomic E-state index is 1.14. The zero-order valence-corrected chi connectivity index (χ0v) is 14.8. The van der Waals surface area contributed by atoms with Crippen molar-refractivity contribution >= 4 is 35.3 Å². The number of hydrogen-bond donors (Lipinski definition) is 0. The maximum atomic E-state index is 2.31. The minimum Gasteiger partial charge on any atom is -0.161 e. The monoisotopic (exact) mass is 300 g/mol. The van der Waals surface area contributed by atoms with E-state index in [0.717, 1.165) is 17.3 Å². The zero-order chi connectivity index (χ0) is 13.7. The highest BCUT2D eigenvalue weighted by molar-refractivity contribution is 7.98. The van der Waals surface area contributed by atoms with Crippen LogP contribution >= 0.6 is 35.3 Å². The SMILES string of the molecule is CSCc1c(C)c(CSC)c(C)c(CSC)c1C. The highest BCUT2D eigenvalue weighted by Gasteiger charge is 2.15. The number of thioether (sulfide) groups is 3. The molecule has 0 bridgehead atoms. The molecule has 3 heteroatoms. The topological polar surface area (TPSA) is 0 Å². The van der Waals surface area contributed by atoms with E-state index in [-0.39, 0.29) is 0 Å². The standard InChI is InChI=1S/C15H24S3/c1-10-13(7-16-4)11(2)15(9-18-6)12(3)14(10)8-17-5/h7-9H2,1-6H3. The second kappa shape index (κ2) is 7.76. The summed E-state index contributed by atoms with van der Waals surface area (Å²) in [5, 5.41) is 0. The smallest absolute Gasteiger partial charge is 0.0187 e. The van der Waals surface area contributed by atoms with Crippen LogP contribution in [0.2, 0.25) is 0 Å². The Morgan fingerprint density at radius 3 is 0.944 bits per heavy atom. The molecule has 0 saturated heterocycles. The molecule has 0 unspecified atom stereocenters. The summed E-state index contributed by atoms with van der Waals surface area (Å²) in [6, 6.07) is 0. The van der Waals surface area contributed by atoms with Crippen LogP contribution in [-0.2, 0) is 17.3 Å². The summed E-state index contributed by atoms with van der Waals surface area (Å²) in [5.74, 6) is 3.42. The van der Waals surface area contributed by atoms with Gasteiger partial charge in [-0.1, -0.05) is 0 Å². The molecule has 0 aliphatic rings. The van der Waals surface area contributed by atoms with Crippen molar-refractivity contribution in [2.45, 2.75) is 38.0 Å². The van der Waals surface area contributed by atoms with E-state index in [1.807, 2.05) is 35.3 Å². The van der Waals surface area contributed by atoms with E-state index in [2.05, 4.69) is 39.5 Å². The molecule has 0 radical (unpaired) electrons. The third-order valence-electron chi connectivity index (χ3n) is 3.58. The lowest BCUT2D eigenvalue weighted by Crippen LogP contribution is -2.06. The van der Waals surface area contributed by atoms with Crippen LogP contribution in [0.4, 0.5) is 0 Å². The summed E-state index contributed by atoms with van der Waals surface area (Å²) in [4.78, 5) is 0. The largest absolute Gasteiger partial charge is 0.161 e. The molecule has 0 heterocycles. The average Bonchev–Trinajstić information content (AvgIpc) is 2.35. The van der Waals surface area contributed by atoms with Crippen molar-refractivity contribution in [3.05, 3.63) is 33.4 Å². The third kappa shape index (κ3) is 3.43. The lowest BCUT2D eigenvalue weighted by molar-refractivity contribution is 1.10. The minimum atomic E-state index is 1.14. The molecule has 18 heavy (non-hydrogen) atoms. The molecule has 0 aliphatic carbocycles. The molecule has 1 rings (SSSR count). The van der Waals surface area contributed by atoms with Crippen LogP contribution in [0.5, 0.6) is 0 Å². The van der Waals surface area contributed by atoms with Gasteiger partial charge in [-0.3, -0.25) is 0 Å². The van der Waals surface area contributed by atoms with Gasteiger partial charge in [0.05, 0.1) is 0 Å². The van der Waals surface area contributed by atoms with Gasteiger partial charge in [0, 0.05) is 17.3 Å². The van der Waals surface area contributed by atoms with Crippen molar-refractivity contribution in [3.63, 3.8) is 0 Å². The Morgan fingerprint density at radius 2 is 0.778 bits per heavy atom. The molecule has 0 fully saturated rings. The predicted octanol–water partition coefficient (Wildman–Crippen LogP) is 5.20. The second-order valence-electron chi connectivity index (χ2n) is 4.61. The van der Waals surface area contributed by atoms with Crippen molar-refractivity contribution in [1.29, 1.82) is 0 Å². The molecular weight excluding hydrogens is 276 g/mol. The molecule has 0 N–H and O–H groups in total. The Morgan fingerprint density at radius 1 is 0.556 bits per heavy atom. The van der Waals surface area contributed by atoms with Gasteiger partial charge in [-0.25, -0.2) is 0 Å². The van der Waals surface area contributed by atoms with Gasteiger partial charge in [0.25, 0.3) is 0 Å². The van der Waals surface area contributed by atoms with Crippen LogP contribution in [0.25, 0.3) is 0 Å². The van der Waals surface area contributed by atoms with Gasteiger partial charge in [0.2, 0.25) is 0 Å². The van der Waals surface area contributed by atoms with Gasteiger partial charge in [-0.2, -0.15) is 35.3 Å². The molecule has 1 aromatic rings. The molecule has 0 aromatic heterocycles. The van der Waals surface area contributed by atoms with Gasteiger partial charge in [0.1, 0.15) is 0 Å². The predicted molar refractivity (Wildman–Crippen MR) is 92.3 cm³/mol. The van der Waals surface area contributed by atoms with E-state index in [1.165, 1.54) is 16.7 Å². The van der Waals surface area contributed by atoms with Gasteiger partial charge >= 0.3 is 0 Å². The fourth-order valence-corrected chi connectivity index (χ4v) is 4.64. The summed E-state index contributed by atoms with van der Waals surface area (Å²) in [6.45, 7) is 6.92. The first kappa shape index (κ1) is 16.3. The van der Waals surface area contributed by atoms with Crippen molar-refractivity contribution in [3.8, 4) is 0 Å². The van der Waals surface area contributed by atoms with E-state index in [9.17, 15) is 0 Å². The van der Waals surface area contributed by atoms with E-state index in [1.54, 1.807) is 16.7 Å². The van der Waals surface area contributed by atoms with Crippen molar-refractivity contribution in [2.24, 2.45) is 0 Å². The third-order valence-corrected chi connectivity index (χ3v) is 5.31. The Kier molecular flexibility index (Phi) is 7.04. The number of hydrogen-bond acceptors (Lipinski definition) is 3. The summed E-state index contributed by atoms with van der Waals surface area (Å²) in [6.07, 6.45) is 6.59. The highest BCUT2D eigenvalue weighted by Crippen LogP contribution is 2.32. The van der Waals surface area contributed by atoms with Gasteiger partial charge < -0.3 is 0 Å². The molecule has 0 atom stereocenters. The molecule has 0 saturated carbocycles. The highest BCUT2D eigenvalue weighted by atomic mass is 32.2. The van der Waals surface area contributed by atoms with E-state index in [0.29, 0.717) is 0 Å². The van der Waals surface area contributed by atoms with Crippen molar-refractivity contribution < 1.29 is 0 Å². The van der Waals surface area contributed by atoms with Crippen molar-refractivity contribution in [2.75, 3.05) is 18.8 Å². The number of benzene rings is 1. The van der Waals surface area contributed by atoms with Crippen molar-refractivity contribution in [1.82, 2.24) is 0 Å². The first-order chi connectivity index (χ1) is 8.58. The Bertz CT molecular complexity index is 328. The van der Waals surface area contributed by atoms with Crippen LogP contribution in [0.3, 0.4) is 0 Å². The Hall–Kier alpha value is 0.270. The first-order valence-electron chi connectivity index (χ1n) is 6.15. The van der Waals surface area contributed by atoms with Gasteiger partial charge in [0.15, 0.2) is 0 Å². The maximum absolute atomic E-state index is 2.31. The van der Waals surface area contributed by atoms with Gasteiger partial charge in [-0.15, -0.1) is 0 Å². The van der Waals surface area contributed by atoms with Crippen LogP contribution in [0.15, 0.2) is 0 Å². The van der Waals surface area contributed by atoms with Gasteiger partial charge in [-0.05, 0) is 72.9 Å². The second-order valence-corrected chi connectivity index (χ2v) is 7.21. The van der Waals surface area contributed by atoms with Crippen LogP contribution < -0.4 is 0 Å². The van der Waals surface area contributed by atoms with Crippen LogP contribution in [0, 0.1) is 20.8 Å². The van der Waals surface area contributed by atoms with E-state index in [4.69, 9.17) is 0 Å². The van der Waals surface area contributed by atoms with E-state index < -0.39 is 0 Å². The normalized spacial score (nSPS) is 11.0. The molecule has 0 spiro atoms. The summed E-state index contributed by atoms with van der Waals surface area (Å²) >= 11 is 5.79.